The monoisotopic (exact) mass is 409 g/mol. The Balaban J connectivity index is 1.78. The van der Waals surface area contributed by atoms with E-state index in [-0.39, 0.29) is 17.9 Å². The molecule has 0 saturated carbocycles. The lowest BCUT2D eigenvalue weighted by molar-refractivity contribution is -0.122. The standard InChI is InChI=1S/C19H17F2NO5S/c20-15-7-4-8-16(21)18(15)19(24)27-11-17(23)22(13-5-2-1-3-6-13)14-9-10-28(25,26)12-14/h1-8,14H,9-12H2/t14-/m1/s1. The van der Waals surface area contributed by atoms with Crippen LogP contribution in [0.25, 0.3) is 0 Å². The molecule has 0 spiro atoms. The molecular weight excluding hydrogens is 392 g/mol. The zero-order chi connectivity index (χ0) is 20.3. The molecule has 1 saturated heterocycles. The van der Waals surface area contributed by atoms with Gasteiger partial charge in [-0.1, -0.05) is 24.3 Å². The Bertz CT molecular complexity index is 974. The Kier molecular flexibility index (Phi) is 5.73. The smallest absolute Gasteiger partial charge is 0.344 e. The van der Waals surface area contributed by atoms with E-state index in [1.807, 2.05) is 0 Å². The van der Waals surface area contributed by atoms with Gasteiger partial charge in [0, 0.05) is 5.69 Å². The van der Waals surface area contributed by atoms with E-state index in [1.165, 1.54) is 4.90 Å². The van der Waals surface area contributed by atoms with Crippen LogP contribution < -0.4 is 4.90 Å². The first-order valence-electron chi connectivity index (χ1n) is 8.47. The van der Waals surface area contributed by atoms with Crippen molar-refractivity contribution in [2.24, 2.45) is 0 Å². The highest BCUT2D eigenvalue weighted by Gasteiger charge is 2.36. The predicted octanol–water partition coefficient (Wildman–Crippen LogP) is 2.34. The molecular formula is C19H17F2NO5S. The van der Waals surface area contributed by atoms with Crippen LogP contribution in [-0.2, 0) is 19.4 Å². The topological polar surface area (TPSA) is 80.8 Å². The first-order valence-corrected chi connectivity index (χ1v) is 10.3. The van der Waals surface area contributed by atoms with Gasteiger partial charge in [0.1, 0.15) is 17.2 Å². The summed E-state index contributed by atoms with van der Waals surface area (Å²) >= 11 is 0. The molecule has 1 atom stereocenters. The highest BCUT2D eigenvalue weighted by molar-refractivity contribution is 7.91. The minimum Gasteiger partial charge on any atom is -0.452 e. The molecule has 1 heterocycles. The number of anilines is 1. The van der Waals surface area contributed by atoms with Crippen molar-refractivity contribution in [1.82, 2.24) is 0 Å². The molecule has 3 rings (SSSR count). The fraction of sp³-hybridized carbons (Fsp3) is 0.263. The summed E-state index contributed by atoms with van der Waals surface area (Å²) in [7, 11) is -3.27. The van der Waals surface area contributed by atoms with Gasteiger partial charge >= 0.3 is 5.97 Å². The molecule has 2 aromatic carbocycles. The molecule has 0 aliphatic carbocycles. The van der Waals surface area contributed by atoms with Crippen molar-refractivity contribution in [1.29, 1.82) is 0 Å². The number of hydrogen-bond acceptors (Lipinski definition) is 5. The summed E-state index contributed by atoms with van der Waals surface area (Å²) in [5.41, 5.74) is -0.437. The van der Waals surface area contributed by atoms with E-state index in [0.29, 0.717) is 5.69 Å². The van der Waals surface area contributed by atoms with Crippen molar-refractivity contribution in [2.75, 3.05) is 23.0 Å². The normalized spacial score (nSPS) is 17.9. The molecule has 0 N–H and O–H groups in total. The Morgan fingerprint density at radius 1 is 1.04 bits per heavy atom. The van der Waals surface area contributed by atoms with Gasteiger partial charge in [0.2, 0.25) is 0 Å². The summed E-state index contributed by atoms with van der Waals surface area (Å²) < 4.78 is 55.8. The summed E-state index contributed by atoms with van der Waals surface area (Å²) in [5.74, 6) is -4.44. The average molecular weight is 409 g/mol. The van der Waals surface area contributed by atoms with E-state index in [0.717, 1.165) is 18.2 Å². The first-order chi connectivity index (χ1) is 13.3. The minimum atomic E-state index is -3.27. The number of amides is 1. The fourth-order valence-electron chi connectivity index (χ4n) is 3.09. The molecule has 0 bridgehead atoms. The highest BCUT2D eigenvalue weighted by atomic mass is 32.2. The molecule has 0 radical (unpaired) electrons. The lowest BCUT2D eigenvalue weighted by Gasteiger charge is -2.28. The number of nitrogens with zero attached hydrogens (tertiary/aromatic N) is 1. The van der Waals surface area contributed by atoms with Gasteiger partial charge in [0.05, 0.1) is 17.5 Å². The molecule has 0 unspecified atom stereocenters. The Labute approximate surface area is 160 Å². The van der Waals surface area contributed by atoms with Gasteiger partial charge in [-0.05, 0) is 30.7 Å². The fourth-order valence-corrected chi connectivity index (χ4v) is 4.79. The predicted molar refractivity (Wildman–Crippen MR) is 97.6 cm³/mol. The molecule has 148 valence electrons. The van der Waals surface area contributed by atoms with Crippen LogP contribution >= 0.6 is 0 Å². The molecule has 0 aromatic heterocycles. The summed E-state index contributed by atoms with van der Waals surface area (Å²) in [4.78, 5) is 26.0. The maximum Gasteiger partial charge on any atom is 0.344 e. The van der Waals surface area contributed by atoms with Gasteiger partial charge in [-0.2, -0.15) is 0 Å². The number of para-hydroxylation sites is 1. The van der Waals surface area contributed by atoms with E-state index in [9.17, 15) is 26.8 Å². The number of esters is 1. The second-order valence-electron chi connectivity index (χ2n) is 6.33. The van der Waals surface area contributed by atoms with Gasteiger partial charge < -0.3 is 9.64 Å². The van der Waals surface area contributed by atoms with Crippen molar-refractivity contribution in [3.05, 3.63) is 65.7 Å². The van der Waals surface area contributed by atoms with Crippen molar-refractivity contribution in [3.63, 3.8) is 0 Å². The minimum absolute atomic E-state index is 0.0471. The molecule has 1 amide bonds. The van der Waals surface area contributed by atoms with Crippen LogP contribution in [0.3, 0.4) is 0 Å². The Morgan fingerprint density at radius 2 is 1.68 bits per heavy atom. The van der Waals surface area contributed by atoms with Gasteiger partial charge in [-0.25, -0.2) is 22.0 Å². The van der Waals surface area contributed by atoms with Crippen LogP contribution in [0.1, 0.15) is 16.8 Å². The van der Waals surface area contributed by atoms with E-state index >= 15 is 0 Å². The maximum atomic E-state index is 13.7. The molecule has 1 aliphatic heterocycles. The Morgan fingerprint density at radius 3 is 2.25 bits per heavy atom. The zero-order valence-electron chi connectivity index (χ0n) is 14.7. The number of sulfone groups is 1. The van der Waals surface area contributed by atoms with Crippen molar-refractivity contribution in [2.45, 2.75) is 12.5 Å². The van der Waals surface area contributed by atoms with Crippen LogP contribution in [0.15, 0.2) is 48.5 Å². The van der Waals surface area contributed by atoms with Crippen molar-refractivity contribution < 1.29 is 31.5 Å². The molecule has 1 aliphatic rings. The summed E-state index contributed by atoms with van der Waals surface area (Å²) in [6, 6.07) is 10.6. The van der Waals surface area contributed by atoms with E-state index in [2.05, 4.69) is 0 Å². The number of hydrogen-bond donors (Lipinski definition) is 0. The third kappa shape index (κ3) is 4.36. The molecule has 28 heavy (non-hydrogen) atoms. The first kappa shape index (κ1) is 19.9. The van der Waals surface area contributed by atoms with E-state index < -0.39 is 51.6 Å². The molecule has 6 nitrogen and oxygen atoms in total. The van der Waals surface area contributed by atoms with Gasteiger partial charge in [-0.15, -0.1) is 0 Å². The van der Waals surface area contributed by atoms with Crippen LogP contribution in [0.5, 0.6) is 0 Å². The molecule has 2 aromatic rings. The number of ether oxygens (including phenoxy) is 1. The summed E-state index contributed by atoms with van der Waals surface area (Å²) in [5, 5.41) is 0. The largest absolute Gasteiger partial charge is 0.452 e. The lowest BCUT2D eigenvalue weighted by atomic mass is 10.2. The van der Waals surface area contributed by atoms with Crippen LogP contribution in [0.4, 0.5) is 14.5 Å². The number of rotatable bonds is 5. The van der Waals surface area contributed by atoms with E-state index in [4.69, 9.17) is 4.74 Å². The van der Waals surface area contributed by atoms with E-state index in [1.54, 1.807) is 30.3 Å². The second kappa shape index (κ2) is 8.05. The Hall–Kier alpha value is -2.81. The van der Waals surface area contributed by atoms with Gasteiger partial charge in [0.15, 0.2) is 16.4 Å². The quantitative estimate of drug-likeness (QED) is 0.708. The molecule has 9 heteroatoms. The van der Waals surface area contributed by atoms with Crippen LogP contribution in [0, 0.1) is 11.6 Å². The number of carbonyl (C=O) groups is 2. The highest BCUT2D eigenvalue weighted by Crippen LogP contribution is 2.25. The number of benzene rings is 2. The summed E-state index contributed by atoms with van der Waals surface area (Å²) in [6.07, 6.45) is 0.249. The summed E-state index contributed by atoms with van der Waals surface area (Å²) in [6.45, 7) is -0.780. The molecule has 1 fully saturated rings. The number of halogens is 2. The maximum absolute atomic E-state index is 13.7. The van der Waals surface area contributed by atoms with Crippen molar-refractivity contribution >= 4 is 27.4 Å². The van der Waals surface area contributed by atoms with Gasteiger partial charge in [-0.3, -0.25) is 4.79 Å². The average Bonchev–Trinajstić information content (AvgIpc) is 3.00. The van der Waals surface area contributed by atoms with Crippen molar-refractivity contribution in [3.8, 4) is 0 Å². The SMILES string of the molecule is O=C(OCC(=O)N(c1ccccc1)[C@@H]1CCS(=O)(=O)C1)c1c(F)cccc1F. The zero-order valence-corrected chi connectivity index (χ0v) is 15.5. The van der Waals surface area contributed by atoms with Gasteiger partial charge in [0.25, 0.3) is 5.91 Å². The van der Waals surface area contributed by atoms with Crippen LogP contribution in [0.2, 0.25) is 0 Å². The van der Waals surface area contributed by atoms with Crippen LogP contribution in [-0.4, -0.2) is 44.4 Å². The number of carbonyl (C=O) groups excluding carboxylic acids is 2. The lowest BCUT2D eigenvalue weighted by Crippen LogP contribution is -2.43. The second-order valence-corrected chi connectivity index (χ2v) is 8.56. The third-order valence-electron chi connectivity index (χ3n) is 4.37. The third-order valence-corrected chi connectivity index (χ3v) is 6.12.